The molecular weight excluding hydrogens is 1000 g/mol. The van der Waals surface area contributed by atoms with Crippen LogP contribution in [0.1, 0.15) is 265 Å². The van der Waals surface area contributed by atoms with E-state index in [1.54, 1.807) is 0 Å². The molecule has 0 radical (unpaired) electrons. The molecule has 0 amide bonds. The predicted molar refractivity (Wildman–Crippen MR) is 325 cm³/mol. The molecular formula is C66H113O11P. The van der Waals surface area contributed by atoms with Crippen LogP contribution in [0.25, 0.3) is 0 Å². The lowest BCUT2D eigenvalue weighted by molar-refractivity contribution is -0.161. The molecule has 11 nitrogen and oxygen atoms in total. The average Bonchev–Trinajstić information content (AvgIpc) is 3.43. The highest BCUT2D eigenvalue weighted by Gasteiger charge is 2.28. The molecule has 0 aliphatic heterocycles. The summed E-state index contributed by atoms with van der Waals surface area (Å²) in [4.78, 5) is 48.7. The molecule has 0 aliphatic rings. The van der Waals surface area contributed by atoms with Crippen molar-refractivity contribution in [3.05, 3.63) is 97.2 Å². The van der Waals surface area contributed by atoms with Gasteiger partial charge in [0.25, 0.3) is 0 Å². The lowest BCUT2D eigenvalue weighted by Gasteiger charge is -2.21. The summed E-state index contributed by atoms with van der Waals surface area (Å²) < 4.78 is 39.6. The Balaban J connectivity index is 4.77. The minimum Gasteiger partial charge on any atom is -0.462 e. The van der Waals surface area contributed by atoms with Gasteiger partial charge in [0.2, 0.25) is 0 Å². The summed E-state index contributed by atoms with van der Waals surface area (Å²) >= 11 is 0. The quantitative estimate of drug-likeness (QED) is 0.0197. The van der Waals surface area contributed by atoms with Crippen LogP contribution < -0.4 is 0 Å². The van der Waals surface area contributed by atoms with Gasteiger partial charge in [-0.05, 0) is 122 Å². The van der Waals surface area contributed by atoms with Gasteiger partial charge in [-0.3, -0.25) is 23.4 Å². The summed E-state index contributed by atoms with van der Waals surface area (Å²) in [6.07, 6.45) is 70.7. The molecule has 0 fully saturated rings. The van der Waals surface area contributed by atoms with Crippen molar-refractivity contribution >= 4 is 25.7 Å². The van der Waals surface area contributed by atoms with Gasteiger partial charge in [-0.1, -0.05) is 221 Å². The molecule has 2 N–H and O–H groups in total. The van der Waals surface area contributed by atoms with E-state index in [0.29, 0.717) is 19.3 Å². The van der Waals surface area contributed by atoms with Crippen molar-refractivity contribution in [2.75, 3.05) is 26.4 Å². The van der Waals surface area contributed by atoms with Crippen LogP contribution in [0.3, 0.4) is 0 Å². The summed E-state index contributed by atoms with van der Waals surface area (Å²) in [5, 5.41) is 9.83. The fourth-order valence-electron chi connectivity index (χ4n) is 8.23. The molecule has 448 valence electrons. The first-order chi connectivity index (χ1) is 38.2. The Morgan fingerprint density at radius 2 is 0.667 bits per heavy atom. The summed E-state index contributed by atoms with van der Waals surface area (Å²) in [5.41, 5.74) is 0. The van der Waals surface area contributed by atoms with E-state index in [2.05, 4.69) is 118 Å². The molecule has 3 atom stereocenters. The van der Waals surface area contributed by atoms with Crippen molar-refractivity contribution in [3.63, 3.8) is 0 Å². The first kappa shape index (κ1) is 74.4. The number of esters is 3. The van der Waals surface area contributed by atoms with Crippen LogP contribution in [-0.2, 0) is 42.2 Å². The Bertz CT molecular complexity index is 1680. The maximum Gasteiger partial charge on any atom is 0.472 e. The van der Waals surface area contributed by atoms with E-state index >= 15 is 0 Å². The SMILES string of the molecule is CC/C=C\C/C=C\C/C=C\C/C=C\CCCCC(=O)OC(CO)COP(=O)(O)OCC(COC(=O)CCCCCCCCC/C=C\C/C=C\CCCCC)OC(=O)CCCCCCCCCCC/C=C\C/C=C\CCCCC. The second-order valence-electron chi connectivity index (χ2n) is 20.5. The summed E-state index contributed by atoms with van der Waals surface area (Å²) in [7, 11) is -4.77. The molecule has 3 unspecified atom stereocenters. The van der Waals surface area contributed by atoms with Crippen molar-refractivity contribution in [1.82, 2.24) is 0 Å². The highest BCUT2D eigenvalue weighted by molar-refractivity contribution is 7.47. The second-order valence-corrected chi connectivity index (χ2v) is 21.9. The first-order valence-corrected chi connectivity index (χ1v) is 32.6. The van der Waals surface area contributed by atoms with Crippen LogP contribution in [0.15, 0.2) is 97.2 Å². The number of aliphatic hydroxyl groups excluding tert-OH is 1. The number of aliphatic hydroxyl groups is 1. The number of rotatable bonds is 57. The summed E-state index contributed by atoms with van der Waals surface area (Å²) in [6.45, 7) is 4.44. The summed E-state index contributed by atoms with van der Waals surface area (Å²) in [5.74, 6) is -1.52. The van der Waals surface area contributed by atoms with E-state index in [9.17, 15) is 28.9 Å². The van der Waals surface area contributed by atoms with Crippen LogP contribution in [0.5, 0.6) is 0 Å². The van der Waals surface area contributed by atoms with Gasteiger partial charge in [-0.15, -0.1) is 0 Å². The molecule has 12 heteroatoms. The number of phosphoric acid groups is 1. The van der Waals surface area contributed by atoms with Crippen molar-refractivity contribution in [2.45, 2.75) is 277 Å². The number of allylic oxidation sites excluding steroid dienone is 16. The highest BCUT2D eigenvalue weighted by Crippen LogP contribution is 2.43. The third-order valence-electron chi connectivity index (χ3n) is 13.0. The van der Waals surface area contributed by atoms with Crippen molar-refractivity contribution in [2.24, 2.45) is 0 Å². The van der Waals surface area contributed by atoms with Gasteiger partial charge in [0.1, 0.15) is 12.7 Å². The Morgan fingerprint density at radius 1 is 0.372 bits per heavy atom. The normalized spacial score (nSPS) is 14.0. The zero-order valence-corrected chi connectivity index (χ0v) is 50.5. The number of ether oxygens (including phenoxy) is 3. The molecule has 0 aromatic heterocycles. The van der Waals surface area contributed by atoms with Crippen LogP contribution in [0, 0.1) is 0 Å². The maximum absolute atomic E-state index is 13.0. The fraction of sp³-hybridized carbons (Fsp3) is 0.712. The number of hydrogen-bond donors (Lipinski definition) is 2. The Morgan fingerprint density at radius 3 is 1.05 bits per heavy atom. The Hall–Kier alpha value is -3.60. The van der Waals surface area contributed by atoms with Gasteiger partial charge in [0.05, 0.1) is 19.8 Å². The predicted octanol–water partition coefficient (Wildman–Crippen LogP) is 18.8. The van der Waals surface area contributed by atoms with Gasteiger partial charge in [0.15, 0.2) is 6.10 Å². The van der Waals surface area contributed by atoms with Crippen LogP contribution >= 0.6 is 7.82 Å². The first-order valence-electron chi connectivity index (χ1n) is 31.1. The molecule has 0 aliphatic carbocycles. The van der Waals surface area contributed by atoms with E-state index in [1.165, 1.54) is 96.3 Å². The van der Waals surface area contributed by atoms with E-state index in [4.69, 9.17) is 23.3 Å². The maximum atomic E-state index is 13.0. The molecule has 0 spiro atoms. The largest absolute Gasteiger partial charge is 0.472 e. The highest BCUT2D eigenvalue weighted by atomic mass is 31.2. The zero-order chi connectivity index (χ0) is 56.9. The lowest BCUT2D eigenvalue weighted by atomic mass is 10.1. The zero-order valence-electron chi connectivity index (χ0n) is 49.6. The molecule has 0 aromatic carbocycles. The third-order valence-corrected chi connectivity index (χ3v) is 13.9. The van der Waals surface area contributed by atoms with E-state index in [0.717, 1.165) is 109 Å². The standard InChI is InChI=1S/C66H113O11P/c1-4-7-10-13-16-19-22-25-28-30-31-33-36-39-42-45-48-51-54-57-66(70)77-63(59-73-64(68)55-52-49-46-43-40-37-35-32-29-26-23-20-17-14-11-8-5-2)61-75-78(71,72)74-60-62(58-67)76-65(69)56-53-50-47-44-41-38-34-27-24-21-18-15-12-9-6-3/h9,12,16-21,25-29,34,41,44,62-63,67H,4-8,10-11,13-15,22-24,30-33,35-40,42-43,45-61H2,1-3H3,(H,71,72)/b12-9-,19-16-,20-17-,21-18-,28-25-,29-26-,34-27-,44-41-. The smallest absolute Gasteiger partial charge is 0.462 e. The van der Waals surface area contributed by atoms with Crippen molar-refractivity contribution in [1.29, 1.82) is 0 Å². The third kappa shape index (κ3) is 57.1. The molecule has 0 heterocycles. The Kier molecular flexibility index (Phi) is 56.8. The summed E-state index contributed by atoms with van der Waals surface area (Å²) in [6, 6.07) is 0. The number of phosphoric ester groups is 1. The topological polar surface area (TPSA) is 155 Å². The van der Waals surface area contributed by atoms with Gasteiger partial charge < -0.3 is 24.2 Å². The molecule has 0 bridgehead atoms. The monoisotopic (exact) mass is 1110 g/mol. The second kappa shape index (κ2) is 59.5. The number of carbonyl (C=O) groups is 3. The lowest BCUT2D eigenvalue weighted by Crippen LogP contribution is -2.30. The van der Waals surface area contributed by atoms with E-state index in [1.807, 2.05) is 0 Å². The molecule has 0 rings (SSSR count). The van der Waals surface area contributed by atoms with Crippen molar-refractivity contribution in [3.8, 4) is 0 Å². The number of unbranched alkanes of at least 4 members (excludes halogenated alkanes) is 24. The molecule has 0 aromatic rings. The van der Waals surface area contributed by atoms with Gasteiger partial charge in [-0.25, -0.2) is 4.57 Å². The van der Waals surface area contributed by atoms with Crippen molar-refractivity contribution < 1.29 is 52.2 Å². The molecule has 78 heavy (non-hydrogen) atoms. The fourth-order valence-corrected chi connectivity index (χ4v) is 9.01. The van der Waals surface area contributed by atoms with Gasteiger partial charge in [-0.2, -0.15) is 0 Å². The molecule has 0 saturated heterocycles. The van der Waals surface area contributed by atoms with Gasteiger partial charge in [0, 0.05) is 19.3 Å². The van der Waals surface area contributed by atoms with E-state index in [-0.39, 0.29) is 25.9 Å². The van der Waals surface area contributed by atoms with E-state index < -0.39 is 57.8 Å². The minimum atomic E-state index is -4.77. The Labute approximate surface area is 476 Å². The van der Waals surface area contributed by atoms with Crippen LogP contribution in [0.2, 0.25) is 0 Å². The average molecular weight is 1110 g/mol. The van der Waals surface area contributed by atoms with Gasteiger partial charge >= 0.3 is 25.7 Å². The number of carbonyl (C=O) groups excluding carboxylic acids is 3. The minimum absolute atomic E-state index is 0.121. The van der Waals surface area contributed by atoms with Crippen LogP contribution in [0.4, 0.5) is 0 Å². The number of hydrogen-bond acceptors (Lipinski definition) is 10. The molecule has 0 saturated carbocycles. The van der Waals surface area contributed by atoms with Crippen LogP contribution in [-0.4, -0.2) is 66.5 Å².